The van der Waals surface area contributed by atoms with Crippen molar-refractivity contribution in [2.45, 2.75) is 38.3 Å². The fourth-order valence-corrected chi connectivity index (χ4v) is 3.82. The lowest BCUT2D eigenvalue weighted by Gasteiger charge is -2.38. The Kier molecular flexibility index (Phi) is 4.00. The minimum Gasteiger partial charge on any atom is -0.493 e. The predicted molar refractivity (Wildman–Crippen MR) is 92.5 cm³/mol. The molecule has 1 fully saturated rings. The van der Waals surface area contributed by atoms with Gasteiger partial charge in [0.15, 0.2) is 0 Å². The summed E-state index contributed by atoms with van der Waals surface area (Å²) in [5.74, 6) is 1.07. The zero-order chi connectivity index (χ0) is 17.6. The highest BCUT2D eigenvalue weighted by Gasteiger charge is 2.36. The van der Waals surface area contributed by atoms with Crippen molar-refractivity contribution in [2.24, 2.45) is 13.0 Å². The molecule has 1 aromatic carbocycles. The maximum Gasteiger partial charge on any atom is 0.255 e. The SMILES string of the molecule is Cc1nn(C)cc1C(=O)N[C@@H](c1ccc2c(c1)CCO2)C1CC(O)C1. The van der Waals surface area contributed by atoms with E-state index in [4.69, 9.17) is 4.74 Å². The molecule has 2 heterocycles. The van der Waals surface area contributed by atoms with Crippen molar-refractivity contribution in [3.05, 3.63) is 46.8 Å². The Morgan fingerprint density at radius 2 is 2.24 bits per heavy atom. The molecule has 1 aliphatic heterocycles. The molecule has 1 aromatic heterocycles. The number of fused-ring (bicyclic) bond motifs is 1. The second kappa shape index (κ2) is 6.19. The third-order valence-corrected chi connectivity index (χ3v) is 5.24. The summed E-state index contributed by atoms with van der Waals surface area (Å²) in [6, 6.07) is 6.03. The van der Waals surface area contributed by atoms with Gasteiger partial charge in [0.1, 0.15) is 5.75 Å². The fourth-order valence-electron chi connectivity index (χ4n) is 3.82. The van der Waals surface area contributed by atoms with Crippen LogP contribution in [0.25, 0.3) is 0 Å². The Morgan fingerprint density at radius 3 is 2.92 bits per heavy atom. The normalized spacial score (nSPS) is 22.7. The number of aliphatic hydroxyl groups is 1. The molecule has 4 rings (SSSR count). The van der Waals surface area contributed by atoms with E-state index in [2.05, 4.69) is 16.5 Å². The van der Waals surface area contributed by atoms with Crippen LogP contribution in [0, 0.1) is 12.8 Å². The summed E-state index contributed by atoms with van der Waals surface area (Å²) in [7, 11) is 1.81. The van der Waals surface area contributed by atoms with Crippen LogP contribution in [0.2, 0.25) is 0 Å². The standard InChI is InChI=1S/C19H23N3O3/c1-11-16(10-22(2)21-11)19(24)20-18(14-8-15(23)9-14)13-3-4-17-12(7-13)5-6-25-17/h3-4,7,10,14-15,18,23H,5-6,8-9H2,1-2H3,(H,20,24)/t14?,15?,18-/m0/s1. The first-order chi connectivity index (χ1) is 12.0. The van der Waals surface area contributed by atoms with Crippen molar-refractivity contribution in [1.29, 1.82) is 0 Å². The van der Waals surface area contributed by atoms with Crippen LogP contribution in [-0.4, -0.2) is 33.5 Å². The first-order valence-electron chi connectivity index (χ1n) is 8.76. The van der Waals surface area contributed by atoms with Crippen molar-refractivity contribution in [3.8, 4) is 5.75 Å². The average Bonchev–Trinajstić information content (AvgIpc) is 3.14. The Morgan fingerprint density at radius 1 is 1.44 bits per heavy atom. The van der Waals surface area contributed by atoms with E-state index in [0.717, 1.165) is 23.4 Å². The molecule has 1 saturated carbocycles. The number of carbonyl (C=O) groups excluding carboxylic acids is 1. The molecule has 0 radical (unpaired) electrons. The highest BCUT2D eigenvalue weighted by atomic mass is 16.5. The molecule has 6 heteroatoms. The maximum atomic E-state index is 12.8. The van der Waals surface area contributed by atoms with Gasteiger partial charge in [-0.1, -0.05) is 6.07 Å². The largest absolute Gasteiger partial charge is 0.493 e. The van der Waals surface area contributed by atoms with Crippen LogP contribution in [0.5, 0.6) is 5.75 Å². The van der Waals surface area contributed by atoms with E-state index < -0.39 is 0 Å². The number of carbonyl (C=O) groups is 1. The number of aryl methyl sites for hydroxylation is 2. The second-order valence-electron chi connectivity index (χ2n) is 7.10. The zero-order valence-corrected chi connectivity index (χ0v) is 14.5. The number of amides is 1. The summed E-state index contributed by atoms with van der Waals surface area (Å²) in [5.41, 5.74) is 3.58. The number of benzene rings is 1. The number of ether oxygens (including phenoxy) is 1. The van der Waals surface area contributed by atoms with Crippen LogP contribution >= 0.6 is 0 Å². The highest BCUT2D eigenvalue weighted by Crippen LogP contribution is 2.40. The number of hydrogen-bond donors (Lipinski definition) is 2. The number of aliphatic hydroxyl groups excluding tert-OH is 1. The molecular formula is C19H23N3O3. The highest BCUT2D eigenvalue weighted by molar-refractivity contribution is 5.95. The van der Waals surface area contributed by atoms with Gasteiger partial charge in [-0.3, -0.25) is 9.48 Å². The van der Waals surface area contributed by atoms with Crippen LogP contribution in [0.4, 0.5) is 0 Å². The van der Waals surface area contributed by atoms with Gasteiger partial charge in [0.2, 0.25) is 0 Å². The summed E-state index contributed by atoms with van der Waals surface area (Å²) in [4.78, 5) is 12.8. The number of nitrogens with zero attached hydrogens (tertiary/aromatic N) is 2. The smallest absolute Gasteiger partial charge is 0.255 e. The molecule has 1 atom stereocenters. The van der Waals surface area contributed by atoms with E-state index in [0.29, 0.717) is 25.0 Å². The van der Waals surface area contributed by atoms with Gasteiger partial charge in [-0.05, 0) is 48.9 Å². The lowest BCUT2D eigenvalue weighted by atomic mass is 9.74. The van der Waals surface area contributed by atoms with E-state index in [1.54, 1.807) is 10.9 Å². The van der Waals surface area contributed by atoms with E-state index in [1.807, 2.05) is 26.1 Å². The predicted octanol–water partition coefficient (Wildman–Crippen LogP) is 1.91. The molecule has 0 unspecified atom stereocenters. The summed E-state index contributed by atoms with van der Waals surface area (Å²) in [5, 5.41) is 17.1. The minimum atomic E-state index is -0.262. The van der Waals surface area contributed by atoms with Gasteiger partial charge in [-0.15, -0.1) is 0 Å². The zero-order valence-electron chi connectivity index (χ0n) is 14.5. The maximum absolute atomic E-state index is 12.8. The second-order valence-corrected chi connectivity index (χ2v) is 7.10. The van der Waals surface area contributed by atoms with Gasteiger partial charge in [0.25, 0.3) is 5.91 Å². The van der Waals surface area contributed by atoms with E-state index in [9.17, 15) is 9.90 Å². The Hall–Kier alpha value is -2.34. The monoisotopic (exact) mass is 341 g/mol. The van der Waals surface area contributed by atoms with Crippen molar-refractivity contribution in [3.63, 3.8) is 0 Å². The molecule has 2 N–H and O–H groups in total. The third-order valence-electron chi connectivity index (χ3n) is 5.24. The fraction of sp³-hybridized carbons (Fsp3) is 0.474. The molecule has 25 heavy (non-hydrogen) atoms. The van der Waals surface area contributed by atoms with Gasteiger partial charge in [-0.2, -0.15) is 5.10 Å². The summed E-state index contributed by atoms with van der Waals surface area (Å²) in [6.07, 6.45) is 3.81. The summed E-state index contributed by atoms with van der Waals surface area (Å²) in [6.45, 7) is 2.55. The molecular weight excluding hydrogens is 318 g/mol. The van der Waals surface area contributed by atoms with Crippen molar-refractivity contribution in [1.82, 2.24) is 15.1 Å². The van der Waals surface area contributed by atoms with Crippen molar-refractivity contribution >= 4 is 5.91 Å². The van der Waals surface area contributed by atoms with Gasteiger partial charge < -0.3 is 15.2 Å². The van der Waals surface area contributed by atoms with Crippen LogP contribution in [-0.2, 0) is 13.5 Å². The van der Waals surface area contributed by atoms with Gasteiger partial charge in [-0.25, -0.2) is 0 Å². The number of rotatable bonds is 4. The Bertz CT molecular complexity index is 808. The molecule has 2 aromatic rings. The summed E-state index contributed by atoms with van der Waals surface area (Å²) >= 11 is 0. The number of hydrogen-bond acceptors (Lipinski definition) is 4. The van der Waals surface area contributed by atoms with E-state index in [-0.39, 0.29) is 24.0 Å². The molecule has 0 bridgehead atoms. The first-order valence-corrected chi connectivity index (χ1v) is 8.76. The number of nitrogens with one attached hydrogen (secondary N) is 1. The van der Waals surface area contributed by atoms with Crippen LogP contribution < -0.4 is 10.1 Å². The van der Waals surface area contributed by atoms with Crippen LogP contribution in [0.1, 0.15) is 46.1 Å². The molecule has 0 saturated heterocycles. The molecule has 6 nitrogen and oxygen atoms in total. The van der Waals surface area contributed by atoms with E-state index in [1.165, 1.54) is 5.56 Å². The quantitative estimate of drug-likeness (QED) is 0.891. The molecule has 0 spiro atoms. The molecule has 1 amide bonds. The van der Waals surface area contributed by atoms with Gasteiger partial charge in [0, 0.05) is 19.7 Å². The first kappa shape index (κ1) is 16.1. The molecule has 1 aliphatic carbocycles. The lowest BCUT2D eigenvalue weighted by Crippen LogP contribution is -2.41. The van der Waals surface area contributed by atoms with Gasteiger partial charge >= 0.3 is 0 Å². The van der Waals surface area contributed by atoms with Gasteiger partial charge in [0.05, 0.1) is 30.0 Å². The average molecular weight is 341 g/mol. The lowest BCUT2D eigenvalue weighted by molar-refractivity contribution is 0.0235. The molecule has 132 valence electrons. The van der Waals surface area contributed by atoms with Crippen LogP contribution in [0.3, 0.4) is 0 Å². The Balaban J connectivity index is 1.60. The number of aromatic nitrogens is 2. The minimum absolute atomic E-state index is 0.110. The summed E-state index contributed by atoms with van der Waals surface area (Å²) < 4.78 is 7.23. The van der Waals surface area contributed by atoms with E-state index >= 15 is 0 Å². The van der Waals surface area contributed by atoms with Crippen molar-refractivity contribution in [2.75, 3.05) is 6.61 Å². The third kappa shape index (κ3) is 3.02. The topological polar surface area (TPSA) is 76.4 Å². The Labute approximate surface area is 146 Å². The van der Waals surface area contributed by atoms with Crippen molar-refractivity contribution < 1.29 is 14.6 Å². The van der Waals surface area contributed by atoms with Crippen LogP contribution in [0.15, 0.2) is 24.4 Å². The molecule has 2 aliphatic rings.